The Labute approximate surface area is 136 Å². The minimum absolute atomic E-state index is 0.215. The molecule has 1 rings (SSSR count). The highest BCUT2D eigenvalue weighted by atomic mass is 32.2. The maximum absolute atomic E-state index is 11.8. The van der Waals surface area contributed by atoms with Crippen molar-refractivity contribution in [3.05, 3.63) is 24.3 Å². The minimum Gasteiger partial charge on any atom is -0.466 e. The summed E-state index contributed by atoms with van der Waals surface area (Å²) in [4.78, 5) is 24.2. The molecule has 1 aromatic carbocycles. The average Bonchev–Trinajstić information content (AvgIpc) is 2.52. The van der Waals surface area contributed by atoms with Gasteiger partial charge in [-0.25, -0.2) is 0 Å². The predicted molar refractivity (Wildman–Crippen MR) is 88.2 cm³/mol. The second-order valence-electron chi connectivity index (χ2n) is 4.91. The van der Waals surface area contributed by atoms with Crippen molar-refractivity contribution in [2.45, 2.75) is 50.3 Å². The molecule has 0 aliphatic rings. The Bertz CT molecular complexity index is 473. The fraction of sp³-hybridized carbons (Fsp3) is 0.529. The number of thioether (sulfide) groups is 1. The molecule has 0 radical (unpaired) electrons. The first-order valence-electron chi connectivity index (χ1n) is 7.66. The van der Waals surface area contributed by atoms with Crippen LogP contribution in [0, 0.1) is 0 Å². The van der Waals surface area contributed by atoms with E-state index in [4.69, 9.17) is 9.47 Å². The summed E-state index contributed by atoms with van der Waals surface area (Å²) in [6, 6.07) is 7.40. The van der Waals surface area contributed by atoms with Crippen molar-refractivity contribution in [2.75, 3.05) is 12.9 Å². The van der Waals surface area contributed by atoms with Crippen molar-refractivity contribution in [3.63, 3.8) is 0 Å². The lowest BCUT2D eigenvalue weighted by Gasteiger charge is -2.08. The van der Waals surface area contributed by atoms with E-state index in [-0.39, 0.29) is 24.8 Å². The zero-order valence-electron chi connectivity index (χ0n) is 13.3. The maximum atomic E-state index is 11.8. The van der Waals surface area contributed by atoms with Gasteiger partial charge in [0.2, 0.25) is 0 Å². The summed E-state index contributed by atoms with van der Waals surface area (Å²) in [5, 5.41) is 0. The topological polar surface area (TPSA) is 52.6 Å². The highest BCUT2D eigenvalue weighted by molar-refractivity contribution is 7.98. The van der Waals surface area contributed by atoms with Crippen molar-refractivity contribution in [1.82, 2.24) is 0 Å². The van der Waals surface area contributed by atoms with Gasteiger partial charge in [-0.3, -0.25) is 9.59 Å². The lowest BCUT2D eigenvalue weighted by Crippen LogP contribution is -2.11. The molecule has 0 aliphatic heterocycles. The number of carbonyl (C=O) groups excluding carboxylic acids is 2. The van der Waals surface area contributed by atoms with Gasteiger partial charge in [0.15, 0.2) is 0 Å². The van der Waals surface area contributed by atoms with Gasteiger partial charge < -0.3 is 9.47 Å². The zero-order chi connectivity index (χ0) is 16.2. The number of rotatable bonds is 10. The van der Waals surface area contributed by atoms with E-state index >= 15 is 0 Å². The third kappa shape index (κ3) is 7.50. The van der Waals surface area contributed by atoms with E-state index in [1.165, 1.54) is 11.8 Å². The second kappa shape index (κ2) is 11.1. The van der Waals surface area contributed by atoms with Gasteiger partial charge in [-0.15, -0.1) is 11.8 Å². The molecule has 0 fully saturated rings. The highest BCUT2D eigenvalue weighted by Crippen LogP contribution is 2.27. The molecule has 5 heteroatoms. The van der Waals surface area contributed by atoms with Crippen LogP contribution in [0.2, 0.25) is 0 Å². The number of para-hydroxylation sites is 1. The molecule has 0 saturated heterocycles. The van der Waals surface area contributed by atoms with E-state index in [0.717, 1.165) is 24.2 Å². The Hall–Kier alpha value is -1.49. The molecule has 0 aliphatic carbocycles. The summed E-state index contributed by atoms with van der Waals surface area (Å²) in [6.07, 6.45) is 5.91. The van der Waals surface area contributed by atoms with Gasteiger partial charge in [0.1, 0.15) is 5.75 Å². The quantitative estimate of drug-likeness (QED) is 0.279. The van der Waals surface area contributed by atoms with E-state index in [9.17, 15) is 9.59 Å². The molecule has 0 amide bonds. The minimum atomic E-state index is -0.319. The predicted octanol–water partition coefficient (Wildman–Crippen LogP) is 4.22. The smallest absolute Gasteiger partial charge is 0.311 e. The van der Waals surface area contributed by atoms with Crippen molar-refractivity contribution < 1.29 is 19.1 Å². The van der Waals surface area contributed by atoms with Crippen molar-refractivity contribution in [1.29, 1.82) is 0 Å². The molecule has 0 heterocycles. The van der Waals surface area contributed by atoms with Gasteiger partial charge in [-0.05, 0) is 31.2 Å². The van der Waals surface area contributed by atoms with E-state index in [1.807, 2.05) is 24.5 Å². The standard InChI is InChI=1S/C17H24O4S/c1-3-4-7-13-20-16(18)11-8-12-17(19)21-14-9-5-6-10-15(14)22-2/h5-6,9-10H,3-4,7-8,11-13H2,1-2H3. The molecule has 0 saturated carbocycles. The Morgan fingerprint density at radius 1 is 1.05 bits per heavy atom. The number of benzene rings is 1. The summed E-state index contributed by atoms with van der Waals surface area (Å²) in [6.45, 7) is 2.57. The largest absolute Gasteiger partial charge is 0.466 e. The molecule has 122 valence electrons. The Morgan fingerprint density at radius 2 is 1.77 bits per heavy atom. The van der Waals surface area contributed by atoms with Crippen molar-refractivity contribution >= 4 is 23.7 Å². The third-order valence-corrected chi connectivity index (χ3v) is 3.84. The fourth-order valence-corrected chi connectivity index (χ4v) is 2.39. The van der Waals surface area contributed by atoms with Gasteiger partial charge >= 0.3 is 11.9 Å². The summed E-state index contributed by atoms with van der Waals surface area (Å²) in [5.74, 6) is 0.0100. The van der Waals surface area contributed by atoms with Crippen LogP contribution >= 0.6 is 11.8 Å². The average molecular weight is 324 g/mol. The molecule has 0 N–H and O–H groups in total. The van der Waals surface area contributed by atoms with Crippen molar-refractivity contribution in [2.24, 2.45) is 0 Å². The molecule has 22 heavy (non-hydrogen) atoms. The fourth-order valence-electron chi connectivity index (χ4n) is 1.86. The first-order chi connectivity index (χ1) is 10.7. The molecule has 0 unspecified atom stereocenters. The van der Waals surface area contributed by atoms with Crippen LogP contribution in [0.1, 0.15) is 45.4 Å². The number of ether oxygens (including phenoxy) is 2. The number of carbonyl (C=O) groups is 2. The zero-order valence-corrected chi connectivity index (χ0v) is 14.1. The van der Waals surface area contributed by atoms with Crippen molar-refractivity contribution in [3.8, 4) is 5.75 Å². The van der Waals surface area contributed by atoms with Crippen LogP contribution in [0.15, 0.2) is 29.2 Å². The Kier molecular flexibility index (Phi) is 9.39. The SMILES string of the molecule is CCCCCOC(=O)CCCC(=O)Oc1ccccc1SC. The van der Waals surface area contributed by atoms with Crippen LogP contribution in [-0.4, -0.2) is 24.8 Å². The molecular formula is C17H24O4S. The first kappa shape index (κ1) is 18.6. The number of hydrogen-bond acceptors (Lipinski definition) is 5. The third-order valence-electron chi connectivity index (χ3n) is 3.07. The molecule has 0 aromatic heterocycles. The number of esters is 2. The molecule has 1 aromatic rings. The summed E-state index contributed by atoms with van der Waals surface area (Å²) in [5.41, 5.74) is 0. The monoisotopic (exact) mass is 324 g/mol. The van der Waals surface area contributed by atoms with E-state index in [1.54, 1.807) is 6.07 Å². The second-order valence-corrected chi connectivity index (χ2v) is 5.75. The van der Waals surface area contributed by atoms with Gasteiger partial charge in [0.25, 0.3) is 0 Å². The summed E-state index contributed by atoms with van der Waals surface area (Å²) in [7, 11) is 0. The lowest BCUT2D eigenvalue weighted by molar-refractivity contribution is -0.144. The van der Waals surface area contributed by atoms with E-state index in [2.05, 4.69) is 6.92 Å². The molecule has 0 bridgehead atoms. The van der Waals surface area contributed by atoms with Gasteiger partial charge in [-0.2, -0.15) is 0 Å². The van der Waals surface area contributed by atoms with Crippen LogP contribution in [0.25, 0.3) is 0 Å². The number of unbranched alkanes of at least 4 members (excludes halogenated alkanes) is 2. The summed E-state index contributed by atoms with van der Waals surface area (Å²) >= 11 is 1.53. The van der Waals surface area contributed by atoms with Gasteiger partial charge in [0.05, 0.1) is 6.61 Å². The summed E-state index contributed by atoms with van der Waals surface area (Å²) < 4.78 is 10.4. The van der Waals surface area contributed by atoms with Crippen LogP contribution in [0.3, 0.4) is 0 Å². The van der Waals surface area contributed by atoms with Crippen LogP contribution < -0.4 is 4.74 Å². The molecular weight excluding hydrogens is 300 g/mol. The Balaban J connectivity index is 2.22. The maximum Gasteiger partial charge on any atom is 0.311 e. The normalized spacial score (nSPS) is 10.3. The number of hydrogen-bond donors (Lipinski definition) is 0. The Morgan fingerprint density at radius 3 is 2.50 bits per heavy atom. The molecule has 0 atom stereocenters. The van der Waals surface area contributed by atoms with Gasteiger partial charge in [0, 0.05) is 17.7 Å². The highest BCUT2D eigenvalue weighted by Gasteiger charge is 2.10. The van der Waals surface area contributed by atoms with Crippen LogP contribution in [-0.2, 0) is 14.3 Å². The molecule has 4 nitrogen and oxygen atoms in total. The van der Waals surface area contributed by atoms with Crippen LogP contribution in [0.5, 0.6) is 5.75 Å². The van der Waals surface area contributed by atoms with E-state index in [0.29, 0.717) is 18.8 Å². The lowest BCUT2D eigenvalue weighted by atomic mass is 10.2. The van der Waals surface area contributed by atoms with E-state index < -0.39 is 0 Å². The van der Waals surface area contributed by atoms with Crippen LogP contribution in [0.4, 0.5) is 0 Å². The first-order valence-corrected chi connectivity index (χ1v) is 8.89. The van der Waals surface area contributed by atoms with Gasteiger partial charge in [-0.1, -0.05) is 31.9 Å². The molecule has 0 spiro atoms.